The quantitative estimate of drug-likeness (QED) is 0.611. The highest BCUT2D eigenvalue weighted by molar-refractivity contribution is 7.71. The molecule has 0 spiro atoms. The van der Waals surface area contributed by atoms with Gasteiger partial charge in [0.2, 0.25) is 4.77 Å². The van der Waals surface area contributed by atoms with Crippen LogP contribution >= 0.6 is 12.2 Å². The number of nitrogens with two attached hydrogens (primary N) is 1. The summed E-state index contributed by atoms with van der Waals surface area (Å²) in [5, 5.41) is 6.02. The van der Waals surface area contributed by atoms with Crippen LogP contribution in [0.2, 0.25) is 0 Å². The van der Waals surface area contributed by atoms with Gasteiger partial charge in [-0.05, 0) is 18.3 Å². The number of rotatable bonds is 1. The van der Waals surface area contributed by atoms with Crippen LogP contribution in [0.4, 0.5) is 13.2 Å². The standard InChI is InChI=1S/C9H7F3N4S/c10-9(11,12)6-4-2-1-3-5(6)7-14-15-8(17)16(7)13/h1-4H,13H2,(H,15,17). The molecule has 0 saturated carbocycles. The fourth-order valence-electron chi connectivity index (χ4n) is 1.42. The molecule has 0 radical (unpaired) electrons. The van der Waals surface area contributed by atoms with Gasteiger partial charge in [0.1, 0.15) is 0 Å². The molecule has 1 heterocycles. The monoisotopic (exact) mass is 260 g/mol. The van der Waals surface area contributed by atoms with Crippen molar-refractivity contribution in [1.29, 1.82) is 0 Å². The molecule has 0 amide bonds. The van der Waals surface area contributed by atoms with Crippen molar-refractivity contribution in [3.8, 4) is 11.4 Å². The highest BCUT2D eigenvalue weighted by Gasteiger charge is 2.34. The van der Waals surface area contributed by atoms with Crippen LogP contribution in [-0.4, -0.2) is 14.9 Å². The van der Waals surface area contributed by atoms with Gasteiger partial charge in [-0.25, -0.2) is 9.77 Å². The number of alkyl halides is 3. The normalized spacial score (nSPS) is 11.7. The Hall–Kier alpha value is -1.83. The molecule has 0 unspecified atom stereocenters. The molecular weight excluding hydrogens is 253 g/mol. The Morgan fingerprint density at radius 1 is 1.29 bits per heavy atom. The van der Waals surface area contributed by atoms with E-state index in [4.69, 9.17) is 18.1 Å². The summed E-state index contributed by atoms with van der Waals surface area (Å²) < 4.78 is 39.2. The van der Waals surface area contributed by atoms with Gasteiger partial charge in [0.25, 0.3) is 0 Å². The summed E-state index contributed by atoms with van der Waals surface area (Å²) in [4.78, 5) is 0. The molecule has 17 heavy (non-hydrogen) atoms. The minimum absolute atomic E-state index is 0.0528. The predicted octanol–water partition coefficient (Wildman–Crippen LogP) is 2.34. The van der Waals surface area contributed by atoms with E-state index < -0.39 is 11.7 Å². The molecule has 0 fully saturated rings. The largest absolute Gasteiger partial charge is 0.417 e. The van der Waals surface area contributed by atoms with Gasteiger partial charge in [-0.2, -0.15) is 18.3 Å². The average molecular weight is 260 g/mol. The van der Waals surface area contributed by atoms with Crippen molar-refractivity contribution in [3.63, 3.8) is 0 Å². The molecule has 0 aliphatic rings. The first kappa shape index (κ1) is 11.6. The Bertz CT molecular complexity index is 599. The topological polar surface area (TPSA) is 59.6 Å². The summed E-state index contributed by atoms with van der Waals surface area (Å²) >= 11 is 4.75. The van der Waals surface area contributed by atoms with Gasteiger partial charge in [-0.1, -0.05) is 18.2 Å². The fraction of sp³-hybridized carbons (Fsp3) is 0.111. The van der Waals surface area contributed by atoms with Gasteiger partial charge in [0.05, 0.1) is 5.56 Å². The third-order valence-electron chi connectivity index (χ3n) is 2.18. The first-order chi connectivity index (χ1) is 7.91. The summed E-state index contributed by atoms with van der Waals surface area (Å²) in [5.41, 5.74) is -0.921. The molecule has 1 aromatic carbocycles. The van der Waals surface area contributed by atoms with E-state index in [1.54, 1.807) is 0 Å². The van der Waals surface area contributed by atoms with Crippen molar-refractivity contribution in [2.45, 2.75) is 6.18 Å². The third kappa shape index (κ3) is 2.03. The van der Waals surface area contributed by atoms with E-state index in [2.05, 4.69) is 10.2 Å². The smallest absolute Gasteiger partial charge is 0.335 e. The summed E-state index contributed by atoms with van der Waals surface area (Å²) in [6.45, 7) is 0. The molecule has 2 rings (SSSR count). The molecule has 3 N–H and O–H groups in total. The predicted molar refractivity (Wildman–Crippen MR) is 58.0 cm³/mol. The van der Waals surface area contributed by atoms with Crippen molar-refractivity contribution in [2.75, 3.05) is 5.84 Å². The van der Waals surface area contributed by atoms with Crippen LogP contribution in [0.25, 0.3) is 11.4 Å². The van der Waals surface area contributed by atoms with E-state index in [-0.39, 0.29) is 16.2 Å². The maximum atomic E-state index is 12.8. The van der Waals surface area contributed by atoms with E-state index in [1.807, 2.05) is 0 Å². The molecule has 0 atom stereocenters. The molecule has 2 aromatic rings. The van der Waals surface area contributed by atoms with Crippen LogP contribution in [0, 0.1) is 4.77 Å². The van der Waals surface area contributed by atoms with Crippen molar-refractivity contribution < 1.29 is 13.2 Å². The number of hydrogen-bond acceptors (Lipinski definition) is 3. The Morgan fingerprint density at radius 2 is 1.94 bits per heavy atom. The van der Waals surface area contributed by atoms with Gasteiger partial charge < -0.3 is 5.84 Å². The molecule has 0 bridgehead atoms. The zero-order valence-corrected chi connectivity index (χ0v) is 9.14. The maximum absolute atomic E-state index is 12.8. The molecule has 0 saturated heterocycles. The zero-order chi connectivity index (χ0) is 12.6. The molecule has 4 nitrogen and oxygen atoms in total. The third-order valence-corrected chi connectivity index (χ3v) is 2.47. The van der Waals surface area contributed by atoms with Crippen LogP contribution in [0.1, 0.15) is 5.56 Å². The fourth-order valence-corrected chi connectivity index (χ4v) is 1.55. The maximum Gasteiger partial charge on any atom is 0.417 e. The lowest BCUT2D eigenvalue weighted by Gasteiger charge is -2.11. The first-order valence-corrected chi connectivity index (χ1v) is 4.91. The van der Waals surface area contributed by atoms with Crippen molar-refractivity contribution in [2.24, 2.45) is 0 Å². The second-order valence-electron chi connectivity index (χ2n) is 3.27. The van der Waals surface area contributed by atoms with Gasteiger partial charge in [0.15, 0.2) is 5.82 Å². The summed E-state index contributed by atoms with van der Waals surface area (Å²) in [5.74, 6) is 5.45. The van der Waals surface area contributed by atoms with Gasteiger partial charge in [-0.3, -0.25) is 0 Å². The molecule has 8 heteroatoms. The lowest BCUT2D eigenvalue weighted by atomic mass is 10.1. The number of aromatic amines is 1. The zero-order valence-electron chi connectivity index (χ0n) is 8.32. The molecule has 1 aromatic heterocycles. The average Bonchev–Trinajstić information content (AvgIpc) is 2.59. The lowest BCUT2D eigenvalue weighted by molar-refractivity contribution is -0.137. The van der Waals surface area contributed by atoms with E-state index in [0.29, 0.717) is 0 Å². The number of nitrogen functional groups attached to an aromatic ring is 1. The summed E-state index contributed by atoms with van der Waals surface area (Å²) in [7, 11) is 0. The van der Waals surface area contributed by atoms with E-state index in [0.717, 1.165) is 10.7 Å². The van der Waals surface area contributed by atoms with Crippen LogP contribution in [-0.2, 0) is 6.18 Å². The molecule has 90 valence electrons. The molecular formula is C9H7F3N4S. The summed E-state index contributed by atoms with van der Waals surface area (Å²) in [6.07, 6.45) is -4.47. The number of hydrogen-bond donors (Lipinski definition) is 2. The van der Waals surface area contributed by atoms with Crippen LogP contribution in [0.3, 0.4) is 0 Å². The Labute approximate surface area is 98.8 Å². The van der Waals surface area contributed by atoms with Gasteiger partial charge in [0, 0.05) is 5.56 Å². The SMILES string of the molecule is Nn1c(-c2ccccc2C(F)(F)F)n[nH]c1=S. The highest BCUT2D eigenvalue weighted by Crippen LogP contribution is 2.35. The first-order valence-electron chi connectivity index (χ1n) is 4.50. The number of nitrogens with one attached hydrogen (secondary N) is 1. The minimum atomic E-state index is -4.47. The van der Waals surface area contributed by atoms with Crippen LogP contribution in [0.15, 0.2) is 24.3 Å². The minimum Gasteiger partial charge on any atom is -0.335 e. The number of aromatic nitrogens is 3. The number of H-pyrrole nitrogens is 1. The highest BCUT2D eigenvalue weighted by atomic mass is 32.1. The molecule has 0 aliphatic carbocycles. The van der Waals surface area contributed by atoms with E-state index in [9.17, 15) is 13.2 Å². The van der Waals surface area contributed by atoms with Gasteiger partial charge >= 0.3 is 6.18 Å². The van der Waals surface area contributed by atoms with Gasteiger partial charge in [-0.15, -0.1) is 0 Å². The van der Waals surface area contributed by atoms with Crippen molar-refractivity contribution in [1.82, 2.24) is 14.9 Å². The second-order valence-corrected chi connectivity index (χ2v) is 3.65. The van der Waals surface area contributed by atoms with E-state index >= 15 is 0 Å². The number of nitrogens with zero attached hydrogens (tertiary/aromatic N) is 2. The Morgan fingerprint density at radius 3 is 2.47 bits per heavy atom. The van der Waals surface area contributed by atoms with Crippen LogP contribution < -0.4 is 5.84 Å². The number of benzene rings is 1. The van der Waals surface area contributed by atoms with Crippen molar-refractivity contribution >= 4 is 12.2 Å². The lowest BCUT2D eigenvalue weighted by Crippen LogP contribution is -2.13. The summed E-state index contributed by atoms with van der Waals surface area (Å²) in [6, 6.07) is 5.03. The van der Waals surface area contributed by atoms with Crippen molar-refractivity contribution in [3.05, 3.63) is 34.6 Å². The van der Waals surface area contributed by atoms with Crippen LogP contribution in [0.5, 0.6) is 0 Å². The van der Waals surface area contributed by atoms with E-state index in [1.165, 1.54) is 18.2 Å². The Kier molecular flexibility index (Phi) is 2.66. The second kappa shape index (κ2) is 3.88. The Balaban J connectivity index is 2.68. The molecule has 0 aliphatic heterocycles. The number of halogens is 3.